The molecule has 0 amide bonds. The van der Waals surface area contributed by atoms with E-state index in [1.807, 2.05) is 6.92 Å². The highest BCUT2D eigenvalue weighted by Gasteiger charge is 2.13. The molecule has 0 aliphatic carbocycles. The van der Waals surface area contributed by atoms with Crippen LogP contribution in [0.4, 0.5) is 8.78 Å². The van der Waals surface area contributed by atoms with Crippen molar-refractivity contribution in [2.24, 2.45) is 0 Å². The zero-order valence-corrected chi connectivity index (χ0v) is 11.1. The number of imidazole rings is 1. The molecule has 6 heteroatoms. The summed E-state index contributed by atoms with van der Waals surface area (Å²) in [6, 6.07) is 6.75. The molecule has 0 spiro atoms. The van der Waals surface area contributed by atoms with Crippen molar-refractivity contribution in [3.63, 3.8) is 0 Å². The Bertz CT molecular complexity index is 500. The van der Waals surface area contributed by atoms with Crippen molar-refractivity contribution in [2.45, 2.75) is 26.0 Å². The number of likely N-dealkylation sites (N-methyl/N-ethyl adjacent to an activating group) is 1. The van der Waals surface area contributed by atoms with Gasteiger partial charge in [0.05, 0.1) is 0 Å². The molecule has 0 fully saturated rings. The van der Waals surface area contributed by atoms with Gasteiger partial charge in [-0.1, -0.05) is 19.1 Å². The molecule has 0 radical (unpaired) electrons. The first kappa shape index (κ1) is 14.5. The molecule has 1 unspecified atom stereocenters. The third kappa shape index (κ3) is 4.03. The largest absolute Gasteiger partial charge is 0.435 e. The van der Waals surface area contributed by atoms with Crippen molar-refractivity contribution >= 4 is 0 Å². The lowest BCUT2D eigenvalue weighted by molar-refractivity contribution is -0.0498. The quantitative estimate of drug-likeness (QED) is 0.820. The molecule has 2 aromatic rings. The van der Waals surface area contributed by atoms with Gasteiger partial charge in [0, 0.05) is 24.9 Å². The van der Waals surface area contributed by atoms with Crippen molar-refractivity contribution in [3.05, 3.63) is 48.0 Å². The van der Waals surface area contributed by atoms with Gasteiger partial charge in [0.25, 0.3) is 0 Å². The number of aromatic amines is 1. The third-order valence-corrected chi connectivity index (χ3v) is 2.91. The lowest BCUT2D eigenvalue weighted by Gasteiger charge is -2.17. The van der Waals surface area contributed by atoms with Crippen LogP contribution in [0.3, 0.4) is 0 Å². The molecule has 2 rings (SSSR count). The van der Waals surface area contributed by atoms with Crippen LogP contribution in [0.15, 0.2) is 36.7 Å². The number of alkyl halides is 2. The molecule has 0 saturated carbocycles. The molecule has 0 saturated heterocycles. The summed E-state index contributed by atoms with van der Waals surface area (Å²) in [5, 5.41) is 3.35. The number of hydrogen-bond donors (Lipinski definition) is 2. The average Bonchev–Trinajstić information content (AvgIpc) is 2.91. The van der Waals surface area contributed by atoms with Crippen LogP contribution in [-0.2, 0) is 6.42 Å². The maximum absolute atomic E-state index is 12.1. The molecule has 1 aromatic heterocycles. The van der Waals surface area contributed by atoms with Crippen LogP contribution in [0.1, 0.15) is 24.4 Å². The predicted molar refractivity (Wildman–Crippen MR) is 71.8 cm³/mol. The fourth-order valence-corrected chi connectivity index (χ4v) is 2.04. The highest BCUT2D eigenvalue weighted by atomic mass is 19.3. The van der Waals surface area contributed by atoms with Gasteiger partial charge in [0.2, 0.25) is 0 Å². The number of hydrogen-bond acceptors (Lipinski definition) is 3. The van der Waals surface area contributed by atoms with E-state index in [2.05, 4.69) is 20.0 Å². The second-order valence-corrected chi connectivity index (χ2v) is 4.30. The number of benzene rings is 1. The summed E-state index contributed by atoms with van der Waals surface area (Å²) >= 11 is 0. The van der Waals surface area contributed by atoms with Gasteiger partial charge in [0.15, 0.2) is 0 Å². The zero-order chi connectivity index (χ0) is 14.4. The summed E-state index contributed by atoms with van der Waals surface area (Å²) < 4.78 is 28.6. The Kier molecular flexibility index (Phi) is 5.06. The standard InChI is InChI=1S/C14H17F2N3O/c1-2-17-12(9-13-18-7-8-19-13)10-3-5-11(6-4-10)20-14(15)16/h3-8,12,14,17H,2,9H2,1H3,(H,18,19). The van der Waals surface area contributed by atoms with Gasteiger partial charge in [-0.05, 0) is 24.2 Å². The van der Waals surface area contributed by atoms with Crippen LogP contribution in [0.25, 0.3) is 0 Å². The summed E-state index contributed by atoms with van der Waals surface area (Å²) in [5.41, 5.74) is 1.00. The Morgan fingerprint density at radius 1 is 1.30 bits per heavy atom. The van der Waals surface area contributed by atoms with Gasteiger partial charge in [-0.15, -0.1) is 0 Å². The smallest absolute Gasteiger partial charge is 0.387 e. The summed E-state index contributed by atoms with van der Waals surface area (Å²) in [6.07, 6.45) is 4.19. The van der Waals surface area contributed by atoms with Crippen LogP contribution in [0.2, 0.25) is 0 Å². The monoisotopic (exact) mass is 281 g/mol. The van der Waals surface area contributed by atoms with Gasteiger partial charge in [-0.25, -0.2) is 4.98 Å². The first-order valence-electron chi connectivity index (χ1n) is 6.45. The number of ether oxygens (including phenoxy) is 1. The molecular formula is C14H17F2N3O. The fourth-order valence-electron chi connectivity index (χ4n) is 2.04. The van der Waals surface area contributed by atoms with Gasteiger partial charge in [0.1, 0.15) is 11.6 Å². The molecule has 1 atom stereocenters. The third-order valence-electron chi connectivity index (χ3n) is 2.91. The minimum absolute atomic E-state index is 0.0757. The molecular weight excluding hydrogens is 264 g/mol. The first-order valence-corrected chi connectivity index (χ1v) is 6.45. The van der Waals surface area contributed by atoms with Crippen molar-refractivity contribution < 1.29 is 13.5 Å². The Morgan fingerprint density at radius 3 is 2.60 bits per heavy atom. The maximum atomic E-state index is 12.1. The summed E-state index contributed by atoms with van der Waals surface area (Å²) in [7, 11) is 0. The molecule has 20 heavy (non-hydrogen) atoms. The maximum Gasteiger partial charge on any atom is 0.387 e. The van der Waals surface area contributed by atoms with Crippen molar-refractivity contribution in [2.75, 3.05) is 6.54 Å². The minimum atomic E-state index is -2.80. The normalized spacial score (nSPS) is 12.6. The number of halogens is 2. The highest BCUT2D eigenvalue weighted by molar-refractivity contribution is 5.29. The van der Waals surface area contributed by atoms with Crippen molar-refractivity contribution in [1.82, 2.24) is 15.3 Å². The first-order chi connectivity index (χ1) is 9.69. The van der Waals surface area contributed by atoms with Crippen LogP contribution in [0.5, 0.6) is 5.75 Å². The minimum Gasteiger partial charge on any atom is -0.435 e. The molecule has 4 nitrogen and oxygen atoms in total. The summed E-state index contributed by atoms with van der Waals surface area (Å²) in [6.45, 7) is 0.0258. The molecule has 0 aliphatic rings. The Balaban J connectivity index is 2.08. The van der Waals surface area contributed by atoms with E-state index >= 15 is 0 Å². The van der Waals surface area contributed by atoms with E-state index < -0.39 is 6.61 Å². The fraction of sp³-hybridized carbons (Fsp3) is 0.357. The summed E-state index contributed by atoms with van der Waals surface area (Å²) in [4.78, 5) is 7.26. The van der Waals surface area contributed by atoms with Gasteiger partial charge in [-0.3, -0.25) is 0 Å². The SMILES string of the molecule is CCNC(Cc1ncc[nH]1)c1ccc(OC(F)F)cc1. The van der Waals surface area contributed by atoms with Crippen LogP contribution in [0, 0.1) is 0 Å². The van der Waals surface area contributed by atoms with E-state index in [4.69, 9.17) is 0 Å². The molecule has 108 valence electrons. The second-order valence-electron chi connectivity index (χ2n) is 4.30. The molecule has 0 bridgehead atoms. The molecule has 1 heterocycles. The zero-order valence-electron chi connectivity index (χ0n) is 11.1. The molecule has 1 aromatic carbocycles. The number of rotatable bonds is 7. The van der Waals surface area contributed by atoms with Crippen LogP contribution >= 0.6 is 0 Å². The van der Waals surface area contributed by atoms with Gasteiger partial charge >= 0.3 is 6.61 Å². The van der Waals surface area contributed by atoms with Gasteiger partial charge in [-0.2, -0.15) is 8.78 Å². The van der Waals surface area contributed by atoms with E-state index in [0.29, 0.717) is 6.42 Å². The van der Waals surface area contributed by atoms with Crippen molar-refractivity contribution in [3.8, 4) is 5.75 Å². The van der Waals surface area contributed by atoms with Crippen LogP contribution < -0.4 is 10.1 Å². The van der Waals surface area contributed by atoms with Crippen LogP contribution in [-0.4, -0.2) is 23.1 Å². The van der Waals surface area contributed by atoms with E-state index in [0.717, 1.165) is 17.9 Å². The topological polar surface area (TPSA) is 49.9 Å². The molecule has 2 N–H and O–H groups in total. The van der Waals surface area contributed by atoms with E-state index in [1.165, 1.54) is 0 Å². The Hall–Kier alpha value is -1.95. The number of aromatic nitrogens is 2. The number of nitrogens with one attached hydrogen (secondary N) is 2. The van der Waals surface area contributed by atoms with Crippen molar-refractivity contribution in [1.29, 1.82) is 0 Å². The Morgan fingerprint density at radius 2 is 2.05 bits per heavy atom. The van der Waals surface area contributed by atoms with E-state index in [-0.39, 0.29) is 11.8 Å². The second kappa shape index (κ2) is 7.00. The lowest BCUT2D eigenvalue weighted by Crippen LogP contribution is -2.23. The average molecular weight is 281 g/mol. The molecule has 0 aliphatic heterocycles. The summed E-state index contributed by atoms with van der Waals surface area (Å²) in [5.74, 6) is 1.04. The highest BCUT2D eigenvalue weighted by Crippen LogP contribution is 2.21. The Labute approximate surface area is 116 Å². The van der Waals surface area contributed by atoms with E-state index in [1.54, 1.807) is 36.7 Å². The van der Waals surface area contributed by atoms with E-state index in [9.17, 15) is 8.78 Å². The lowest BCUT2D eigenvalue weighted by atomic mass is 10.0. The predicted octanol–water partition coefficient (Wildman–Crippen LogP) is 2.90. The number of nitrogens with zero attached hydrogens (tertiary/aromatic N) is 1. The number of H-pyrrole nitrogens is 1. The van der Waals surface area contributed by atoms with Gasteiger partial charge < -0.3 is 15.0 Å².